The summed E-state index contributed by atoms with van der Waals surface area (Å²) in [5.41, 5.74) is 1.15. The van der Waals surface area contributed by atoms with Crippen LogP contribution in [0.15, 0.2) is 48.8 Å². The van der Waals surface area contributed by atoms with Crippen LogP contribution in [0.2, 0.25) is 0 Å². The Hall–Kier alpha value is -2.47. The Kier molecular flexibility index (Phi) is 4.83. The van der Waals surface area contributed by atoms with Crippen LogP contribution in [0, 0.1) is 5.92 Å². The van der Waals surface area contributed by atoms with Gasteiger partial charge in [-0.1, -0.05) is 47.7 Å². The molecule has 2 aromatic rings. The van der Waals surface area contributed by atoms with Crippen molar-refractivity contribution in [1.29, 1.82) is 0 Å². The zero-order valence-electron chi connectivity index (χ0n) is 12.7. The average Bonchev–Trinajstić information content (AvgIpc) is 3.21. The van der Waals surface area contributed by atoms with E-state index in [2.05, 4.69) is 27.8 Å². The Labute approximate surface area is 134 Å². The fourth-order valence-corrected chi connectivity index (χ4v) is 3.10. The number of aliphatic carboxylic acids is 1. The average molecular weight is 312 g/mol. The van der Waals surface area contributed by atoms with Gasteiger partial charge in [0.15, 0.2) is 0 Å². The lowest BCUT2D eigenvalue weighted by Gasteiger charge is -2.19. The molecule has 1 heterocycles. The Morgan fingerprint density at radius 2 is 2.17 bits per heavy atom. The molecule has 3 atom stereocenters. The van der Waals surface area contributed by atoms with Crippen LogP contribution in [0.1, 0.15) is 24.4 Å². The second-order valence-corrected chi connectivity index (χ2v) is 5.78. The van der Waals surface area contributed by atoms with Crippen molar-refractivity contribution in [3.63, 3.8) is 0 Å². The van der Waals surface area contributed by atoms with E-state index in [9.17, 15) is 9.90 Å². The van der Waals surface area contributed by atoms with E-state index in [-0.39, 0.29) is 18.0 Å². The predicted molar refractivity (Wildman–Crippen MR) is 86.7 cm³/mol. The maximum Gasteiger partial charge on any atom is 0.306 e. The maximum absolute atomic E-state index is 11.3. The zero-order valence-corrected chi connectivity index (χ0v) is 12.7. The Balaban J connectivity index is 1.60. The van der Waals surface area contributed by atoms with E-state index in [4.69, 9.17) is 0 Å². The monoisotopic (exact) mass is 312 g/mol. The minimum Gasteiger partial charge on any atom is -0.481 e. The van der Waals surface area contributed by atoms with Gasteiger partial charge in [-0.15, -0.1) is 5.10 Å². The topological polar surface area (TPSA) is 80.0 Å². The number of hydrogen-bond acceptors (Lipinski definition) is 4. The molecule has 1 saturated carbocycles. The minimum atomic E-state index is -0.737. The molecule has 0 spiro atoms. The number of rotatable bonds is 6. The fourth-order valence-electron chi connectivity index (χ4n) is 3.10. The van der Waals surface area contributed by atoms with E-state index in [1.54, 1.807) is 17.1 Å². The standard InChI is InChI=1S/C17H20N4O2/c22-17(23)14-11-15(16(12-14)21-10-9-19-20-21)18-8-4-7-13-5-2-1-3-6-13/h1-7,9-10,14-16,18H,8,11-12H2,(H,22,23)/b7-4+/t14?,15-,16+/m1/s1. The van der Waals surface area contributed by atoms with E-state index in [1.807, 2.05) is 30.3 Å². The minimum absolute atomic E-state index is 0.0312. The summed E-state index contributed by atoms with van der Waals surface area (Å²) in [4.78, 5) is 11.3. The maximum atomic E-state index is 11.3. The molecule has 2 N–H and O–H groups in total. The van der Waals surface area contributed by atoms with Crippen LogP contribution >= 0.6 is 0 Å². The summed E-state index contributed by atoms with van der Waals surface area (Å²) in [6.07, 6.45) is 8.73. The quantitative estimate of drug-likeness (QED) is 0.852. The molecule has 23 heavy (non-hydrogen) atoms. The van der Waals surface area contributed by atoms with Crippen molar-refractivity contribution in [3.05, 3.63) is 54.4 Å². The molecular formula is C17H20N4O2. The van der Waals surface area contributed by atoms with Gasteiger partial charge < -0.3 is 10.4 Å². The van der Waals surface area contributed by atoms with Gasteiger partial charge in [-0.25, -0.2) is 4.68 Å². The van der Waals surface area contributed by atoms with E-state index in [1.165, 1.54) is 0 Å². The summed E-state index contributed by atoms with van der Waals surface area (Å²) in [5, 5.41) is 20.6. The van der Waals surface area contributed by atoms with Gasteiger partial charge in [0.2, 0.25) is 0 Å². The van der Waals surface area contributed by atoms with Gasteiger partial charge in [0.1, 0.15) is 0 Å². The van der Waals surface area contributed by atoms with Crippen molar-refractivity contribution in [1.82, 2.24) is 20.3 Å². The SMILES string of the molecule is O=C(O)C1C[C@@H](NC/C=C/c2ccccc2)[C@@H](n2ccnn2)C1. The highest BCUT2D eigenvalue weighted by Crippen LogP contribution is 2.34. The first kappa shape index (κ1) is 15.4. The second kappa shape index (κ2) is 7.19. The normalized spacial score (nSPS) is 24.3. The molecule has 1 aliphatic rings. The molecule has 0 aliphatic heterocycles. The smallest absolute Gasteiger partial charge is 0.306 e. The van der Waals surface area contributed by atoms with Crippen LogP contribution in [-0.2, 0) is 4.79 Å². The molecule has 1 aromatic heterocycles. The van der Waals surface area contributed by atoms with E-state index < -0.39 is 5.97 Å². The summed E-state index contributed by atoms with van der Waals surface area (Å²) < 4.78 is 1.77. The van der Waals surface area contributed by atoms with Gasteiger partial charge in [0, 0.05) is 18.8 Å². The largest absolute Gasteiger partial charge is 0.481 e. The first-order chi connectivity index (χ1) is 11.2. The number of carbonyl (C=O) groups is 1. The third kappa shape index (κ3) is 3.84. The fraction of sp³-hybridized carbons (Fsp3) is 0.353. The number of aromatic nitrogens is 3. The number of carboxylic acid groups (broad SMARTS) is 1. The Bertz CT molecular complexity index is 654. The number of benzene rings is 1. The van der Waals surface area contributed by atoms with Gasteiger partial charge >= 0.3 is 5.97 Å². The predicted octanol–water partition coefficient (Wildman–Crippen LogP) is 1.99. The van der Waals surface area contributed by atoms with Gasteiger partial charge in [0.05, 0.1) is 18.2 Å². The highest BCUT2D eigenvalue weighted by atomic mass is 16.4. The van der Waals surface area contributed by atoms with Crippen LogP contribution in [0.4, 0.5) is 0 Å². The summed E-state index contributed by atoms with van der Waals surface area (Å²) >= 11 is 0. The third-order valence-corrected chi connectivity index (χ3v) is 4.27. The van der Waals surface area contributed by atoms with Crippen LogP contribution in [0.3, 0.4) is 0 Å². The van der Waals surface area contributed by atoms with E-state index in [0.717, 1.165) is 5.56 Å². The first-order valence-electron chi connectivity index (χ1n) is 7.77. The highest BCUT2D eigenvalue weighted by molar-refractivity contribution is 5.70. The van der Waals surface area contributed by atoms with E-state index in [0.29, 0.717) is 19.4 Å². The number of carboxylic acids is 1. The van der Waals surface area contributed by atoms with Crippen LogP contribution < -0.4 is 5.32 Å². The molecule has 1 fully saturated rings. The second-order valence-electron chi connectivity index (χ2n) is 5.78. The van der Waals surface area contributed by atoms with Crippen molar-refractivity contribution in [3.8, 4) is 0 Å². The highest BCUT2D eigenvalue weighted by Gasteiger charge is 2.38. The first-order valence-corrected chi connectivity index (χ1v) is 7.77. The van der Waals surface area contributed by atoms with Crippen LogP contribution in [0.5, 0.6) is 0 Å². The molecule has 1 unspecified atom stereocenters. The molecule has 120 valence electrons. The van der Waals surface area contributed by atoms with E-state index >= 15 is 0 Å². The lowest BCUT2D eigenvalue weighted by molar-refractivity contribution is -0.141. The van der Waals surface area contributed by atoms with Crippen LogP contribution in [0.25, 0.3) is 6.08 Å². The van der Waals surface area contributed by atoms with Gasteiger partial charge in [-0.05, 0) is 18.4 Å². The summed E-state index contributed by atoms with van der Waals surface area (Å²) in [7, 11) is 0. The van der Waals surface area contributed by atoms with Gasteiger partial charge in [0.25, 0.3) is 0 Å². The molecule has 0 saturated heterocycles. The zero-order chi connectivity index (χ0) is 16.1. The van der Waals surface area contributed by atoms with Crippen molar-refractivity contribution in [2.45, 2.75) is 24.9 Å². The number of hydrogen-bond donors (Lipinski definition) is 2. The van der Waals surface area contributed by atoms with Crippen molar-refractivity contribution in [2.75, 3.05) is 6.54 Å². The lowest BCUT2D eigenvalue weighted by atomic mass is 10.1. The number of nitrogens with zero attached hydrogens (tertiary/aromatic N) is 3. The number of nitrogens with one attached hydrogen (secondary N) is 1. The summed E-state index contributed by atoms with van der Waals surface area (Å²) in [6.45, 7) is 0.692. The molecule has 0 bridgehead atoms. The summed E-state index contributed by atoms with van der Waals surface area (Å²) in [5.74, 6) is -1.07. The Morgan fingerprint density at radius 1 is 1.35 bits per heavy atom. The van der Waals surface area contributed by atoms with Crippen molar-refractivity contribution >= 4 is 12.0 Å². The molecule has 6 heteroatoms. The summed E-state index contributed by atoms with van der Waals surface area (Å²) in [6, 6.07) is 10.2. The van der Waals surface area contributed by atoms with Gasteiger partial charge in [-0.3, -0.25) is 4.79 Å². The van der Waals surface area contributed by atoms with Crippen LogP contribution in [-0.4, -0.2) is 38.7 Å². The van der Waals surface area contributed by atoms with Gasteiger partial charge in [-0.2, -0.15) is 0 Å². The Morgan fingerprint density at radius 3 is 2.87 bits per heavy atom. The van der Waals surface area contributed by atoms with Crippen molar-refractivity contribution in [2.24, 2.45) is 5.92 Å². The molecule has 1 aromatic carbocycles. The molecule has 3 rings (SSSR count). The lowest BCUT2D eigenvalue weighted by Crippen LogP contribution is -2.34. The van der Waals surface area contributed by atoms with Crippen molar-refractivity contribution < 1.29 is 9.90 Å². The third-order valence-electron chi connectivity index (χ3n) is 4.27. The molecular weight excluding hydrogens is 292 g/mol. The molecule has 0 radical (unpaired) electrons. The molecule has 0 amide bonds. The molecule has 6 nitrogen and oxygen atoms in total. The molecule has 1 aliphatic carbocycles.